The fourth-order valence-corrected chi connectivity index (χ4v) is 5.37. The van der Waals surface area contributed by atoms with E-state index in [1.54, 1.807) is 0 Å². The van der Waals surface area contributed by atoms with E-state index in [0.29, 0.717) is 6.42 Å². The number of rotatable bonds is 2. The number of sulfonamides is 1. The molecule has 4 heterocycles. The molecule has 11 heteroatoms. The summed E-state index contributed by atoms with van der Waals surface area (Å²) in [5, 5.41) is 5.75. The number of nitrogens with zero attached hydrogens (tertiary/aromatic N) is 2. The van der Waals surface area contributed by atoms with Crippen LogP contribution in [0.2, 0.25) is 0 Å². The van der Waals surface area contributed by atoms with Crippen molar-refractivity contribution in [1.82, 2.24) is 5.32 Å². The first-order chi connectivity index (χ1) is 12.6. The van der Waals surface area contributed by atoms with Crippen LogP contribution in [0.4, 0.5) is 28.9 Å². The third-order valence-electron chi connectivity index (χ3n) is 5.53. The molecule has 0 radical (unpaired) electrons. The van der Waals surface area contributed by atoms with Crippen molar-refractivity contribution in [3.8, 4) is 0 Å². The Morgan fingerprint density at radius 3 is 2.56 bits per heavy atom. The predicted molar refractivity (Wildman–Crippen MR) is 89.9 cm³/mol. The number of fused-ring (bicyclic) bond motifs is 3. The number of alkyl halides is 3. The zero-order valence-corrected chi connectivity index (χ0v) is 14.7. The molecule has 1 aromatic rings. The standard InChI is InChI=1S/C16H16F4N4O2S/c17-8-3-11(24-6-9-5-10(21-9)14(24)16(18,19)20)13-12(4-8)27(25,26)23-15(22-13)7-1-2-7/h3-4,7,9-10,14,21H,1-2,5-6H2,(H,22,23)/t9-,10+,14+/m1/s1. The van der Waals surface area contributed by atoms with Crippen LogP contribution in [-0.2, 0) is 10.0 Å². The number of halogens is 4. The summed E-state index contributed by atoms with van der Waals surface area (Å²) in [7, 11) is -4.17. The van der Waals surface area contributed by atoms with Gasteiger partial charge in [0.2, 0.25) is 0 Å². The van der Waals surface area contributed by atoms with E-state index >= 15 is 0 Å². The summed E-state index contributed by atoms with van der Waals surface area (Å²) < 4.78 is 84.0. The Labute approximate surface area is 152 Å². The van der Waals surface area contributed by atoms with Gasteiger partial charge >= 0.3 is 6.18 Å². The quantitative estimate of drug-likeness (QED) is 0.740. The van der Waals surface area contributed by atoms with E-state index in [1.165, 1.54) is 0 Å². The molecule has 3 atom stereocenters. The van der Waals surface area contributed by atoms with Gasteiger partial charge in [0.15, 0.2) is 0 Å². The van der Waals surface area contributed by atoms with Crippen LogP contribution in [0.1, 0.15) is 19.3 Å². The molecule has 0 spiro atoms. The molecular formula is C16H16F4N4O2S. The van der Waals surface area contributed by atoms with Gasteiger partial charge in [-0.3, -0.25) is 0 Å². The minimum Gasteiger partial charge on any atom is -0.355 e. The van der Waals surface area contributed by atoms with Gasteiger partial charge in [-0.15, -0.1) is 4.40 Å². The summed E-state index contributed by atoms with van der Waals surface area (Å²) in [5.41, 5.74) is -0.0935. The second-order valence-electron chi connectivity index (χ2n) is 7.49. The van der Waals surface area contributed by atoms with Gasteiger partial charge in [-0.25, -0.2) is 4.39 Å². The molecule has 1 saturated carbocycles. The van der Waals surface area contributed by atoms with Crippen molar-refractivity contribution < 1.29 is 26.0 Å². The minimum absolute atomic E-state index is 0.0103. The van der Waals surface area contributed by atoms with E-state index in [2.05, 4.69) is 15.0 Å². The molecule has 5 aliphatic rings. The smallest absolute Gasteiger partial charge is 0.355 e. The zero-order chi connectivity index (χ0) is 19.1. The lowest BCUT2D eigenvalue weighted by Crippen LogP contribution is -2.75. The topological polar surface area (TPSA) is 73.8 Å². The van der Waals surface area contributed by atoms with Crippen molar-refractivity contribution in [3.05, 3.63) is 17.9 Å². The molecule has 2 N–H and O–H groups in total. The van der Waals surface area contributed by atoms with Crippen molar-refractivity contribution in [2.75, 3.05) is 16.8 Å². The number of hydrogen-bond acceptors (Lipinski definition) is 5. The van der Waals surface area contributed by atoms with Crippen molar-refractivity contribution in [3.63, 3.8) is 0 Å². The van der Waals surface area contributed by atoms with Crippen LogP contribution in [-0.4, -0.2) is 45.1 Å². The summed E-state index contributed by atoms with van der Waals surface area (Å²) in [6, 6.07) is -0.995. The third kappa shape index (κ3) is 2.70. The van der Waals surface area contributed by atoms with E-state index in [0.717, 1.165) is 29.9 Å². The maximum absolute atomic E-state index is 14.2. The average Bonchev–Trinajstić information content (AvgIpc) is 3.37. The number of amidine groups is 1. The highest BCUT2D eigenvalue weighted by atomic mass is 32.2. The van der Waals surface area contributed by atoms with E-state index in [1.807, 2.05) is 0 Å². The van der Waals surface area contributed by atoms with Crippen molar-refractivity contribution in [1.29, 1.82) is 0 Å². The number of nitrogens with one attached hydrogen (secondary N) is 2. The fourth-order valence-electron chi connectivity index (χ4n) is 4.14. The van der Waals surface area contributed by atoms with E-state index < -0.39 is 39.0 Å². The van der Waals surface area contributed by atoms with Crippen molar-refractivity contribution in [2.24, 2.45) is 10.3 Å². The highest BCUT2D eigenvalue weighted by Gasteiger charge is 2.57. The molecule has 0 aromatic heterocycles. The Morgan fingerprint density at radius 2 is 1.93 bits per heavy atom. The average molecular weight is 404 g/mol. The molecular weight excluding hydrogens is 388 g/mol. The Bertz CT molecular complexity index is 952. The van der Waals surface area contributed by atoms with Gasteiger partial charge in [-0.1, -0.05) is 0 Å². The van der Waals surface area contributed by atoms with Crippen LogP contribution in [0.15, 0.2) is 21.4 Å². The molecule has 4 aliphatic heterocycles. The van der Waals surface area contributed by atoms with Crippen LogP contribution in [0.5, 0.6) is 0 Å². The predicted octanol–water partition coefficient (Wildman–Crippen LogP) is 2.23. The SMILES string of the molecule is O=S1(=O)N=C(C2CC2)Nc2c(N3C[C@H]4C[C@H](N4)[C@H]3C(F)(F)F)cc(F)cc21. The van der Waals surface area contributed by atoms with E-state index in [9.17, 15) is 26.0 Å². The largest absolute Gasteiger partial charge is 0.410 e. The molecule has 3 saturated heterocycles. The normalized spacial score (nSPS) is 31.5. The number of piperazine rings is 1. The first-order valence-corrected chi connectivity index (χ1v) is 10.1. The molecule has 1 aromatic carbocycles. The molecule has 4 fully saturated rings. The summed E-state index contributed by atoms with van der Waals surface area (Å²) in [6.45, 7) is 0.0220. The molecule has 146 valence electrons. The number of hydrogen-bond donors (Lipinski definition) is 2. The number of anilines is 2. The van der Waals surface area contributed by atoms with Crippen LogP contribution in [0.25, 0.3) is 0 Å². The molecule has 6 nitrogen and oxygen atoms in total. The maximum Gasteiger partial charge on any atom is 0.410 e. The van der Waals surface area contributed by atoms with Gasteiger partial charge < -0.3 is 15.5 Å². The molecule has 2 bridgehead atoms. The van der Waals surface area contributed by atoms with E-state index in [-0.39, 0.29) is 35.7 Å². The van der Waals surface area contributed by atoms with Gasteiger partial charge in [0.25, 0.3) is 10.0 Å². The van der Waals surface area contributed by atoms with Gasteiger partial charge in [0.05, 0.1) is 11.4 Å². The Morgan fingerprint density at radius 1 is 1.22 bits per heavy atom. The second-order valence-corrected chi connectivity index (χ2v) is 9.07. The number of benzene rings is 1. The van der Waals surface area contributed by atoms with Gasteiger partial charge in [0.1, 0.15) is 22.6 Å². The lowest BCUT2D eigenvalue weighted by atomic mass is 9.83. The summed E-state index contributed by atoms with van der Waals surface area (Å²) in [6.07, 6.45) is -2.63. The van der Waals surface area contributed by atoms with E-state index in [4.69, 9.17) is 0 Å². The number of piperidine rings is 1. The molecule has 0 unspecified atom stereocenters. The lowest BCUT2D eigenvalue weighted by Gasteiger charge is -2.55. The monoisotopic (exact) mass is 404 g/mol. The van der Waals surface area contributed by atoms with Gasteiger partial charge in [-0.05, 0) is 31.4 Å². The molecule has 0 amide bonds. The van der Waals surface area contributed by atoms with Crippen LogP contribution in [0.3, 0.4) is 0 Å². The first kappa shape index (κ1) is 17.2. The van der Waals surface area contributed by atoms with Crippen LogP contribution in [0, 0.1) is 11.7 Å². The summed E-state index contributed by atoms with van der Waals surface area (Å²) >= 11 is 0. The summed E-state index contributed by atoms with van der Waals surface area (Å²) in [4.78, 5) is 0.658. The van der Waals surface area contributed by atoms with Gasteiger partial charge in [0, 0.05) is 24.5 Å². The Kier molecular flexibility index (Phi) is 3.41. The Balaban J connectivity index is 1.65. The second kappa shape index (κ2) is 5.34. The first-order valence-electron chi connectivity index (χ1n) is 8.68. The lowest BCUT2D eigenvalue weighted by molar-refractivity contribution is -0.168. The fraction of sp³-hybridized carbons (Fsp3) is 0.562. The highest BCUT2D eigenvalue weighted by Crippen LogP contribution is 2.46. The summed E-state index contributed by atoms with van der Waals surface area (Å²) in [5.74, 6) is -0.743. The van der Waals surface area contributed by atoms with Crippen LogP contribution >= 0.6 is 0 Å². The molecule has 6 rings (SSSR count). The minimum atomic E-state index is -4.54. The molecule has 27 heavy (non-hydrogen) atoms. The molecule has 1 aliphatic carbocycles. The van der Waals surface area contributed by atoms with Crippen LogP contribution < -0.4 is 15.5 Å². The zero-order valence-electron chi connectivity index (χ0n) is 13.9. The van der Waals surface area contributed by atoms with Crippen molar-refractivity contribution >= 4 is 27.2 Å². The third-order valence-corrected chi connectivity index (χ3v) is 6.84. The van der Waals surface area contributed by atoms with Gasteiger partial charge in [-0.2, -0.15) is 21.6 Å². The Hall–Kier alpha value is -1.88. The van der Waals surface area contributed by atoms with Crippen molar-refractivity contribution in [2.45, 2.75) is 48.5 Å². The highest BCUT2D eigenvalue weighted by molar-refractivity contribution is 7.90. The maximum atomic E-state index is 14.2.